The number of fused-ring (bicyclic) bond motifs is 5. The molecule has 2 aliphatic rings. The lowest BCUT2D eigenvalue weighted by molar-refractivity contribution is -0.686. The van der Waals surface area contributed by atoms with Crippen molar-refractivity contribution in [1.29, 1.82) is 0 Å². The first-order chi connectivity index (χ1) is 27.7. The molecule has 0 saturated heterocycles. The first kappa shape index (κ1) is 39.7. The van der Waals surface area contributed by atoms with Gasteiger partial charge in [0, 0.05) is 47.1 Å². The van der Waals surface area contributed by atoms with Crippen LogP contribution < -0.4 is 40.5 Å². The summed E-state index contributed by atoms with van der Waals surface area (Å²) in [7, 11) is 3.24. The molecule has 9 rings (SSSR count). The topological polar surface area (TPSA) is 166 Å². The lowest BCUT2D eigenvalue weighted by Crippen LogP contribution is -3.00. The molecule has 0 atom stereocenters. The minimum Gasteiger partial charge on any atom is -1.00 e. The molecule has 15 nitrogen and oxygen atoms in total. The number of methoxy groups -OCH3 is 2. The molecule has 0 fully saturated rings. The number of aliphatic hydroxyl groups is 1. The van der Waals surface area contributed by atoms with Crippen molar-refractivity contribution in [2.45, 2.75) is 38.1 Å². The fourth-order valence-corrected chi connectivity index (χ4v) is 7.47. The Labute approximate surface area is 340 Å². The molecule has 18 heteroatoms. The van der Waals surface area contributed by atoms with Crippen LogP contribution in [-0.4, -0.2) is 60.6 Å². The first-order valence-corrected chi connectivity index (χ1v) is 17.7. The van der Waals surface area contributed by atoms with Crippen molar-refractivity contribution < 1.29 is 59.3 Å². The SMILES string of the molecule is COc1ccc2c(Cc3ccccc3[N+](=O)[O-])c3[n+](cc2c1OC)CCc1cc2c(cc1-3)OCO2.OC(Cn1cncn1)(Cn1cncn1)c1ccc(F)cc1F.[Br-]. The van der Waals surface area contributed by atoms with Gasteiger partial charge in [-0.15, -0.1) is 0 Å². The third kappa shape index (κ3) is 7.62. The molecule has 7 aromatic rings. The Morgan fingerprint density at radius 1 is 0.931 bits per heavy atom. The second kappa shape index (κ2) is 16.5. The highest BCUT2D eigenvalue weighted by molar-refractivity contribution is 5.95. The van der Waals surface area contributed by atoms with Gasteiger partial charge in [0.1, 0.15) is 42.5 Å². The van der Waals surface area contributed by atoms with Crippen LogP contribution in [0.15, 0.2) is 98.2 Å². The first-order valence-electron chi connectivity index (χ1n) is 17.7. The number of aryl methyl sites for hydroxylation is 2. The summed E-state index contributed by atoms with van der Waals surface area (Å²) in [5.41, 5.74) is 3.21. The van der Waals surface area contributed by atoms with E-state index in [1.54, 1.807) is 26.4 Å². The van der Waals surface area contributed by atoms with Crippen LogP contribution >= 0.6 is 0 Å². The van der Waals surface area contributed by atoms with Gasteiger partial charge >= 0.3 is 0 Å². The molecule has 3 aromatic heterocycles. The monoisotopic (exact) mass is 856 g/mol. The summed E-state index contributed by atoms with van der Waals surface area (Å²) >= 11 is 0. The van der Waals surface area contributed by atoms with Gasteiger partial charge in [0.05, 0.1) is 43.2 Å². The number of para-hydroxylation sites is 1. The quantitative estimate of drug-likeness (QED) is 0.122. The van der Waals surface area contributed by atoms with Crippen LogP contribution in [0, 0.1) is 21.7 Å². The van der Waals surface area contributed by atoms with Gasteiger partial charge in [-0.05, 0) is 35.9 Å². The number of benzene rings is 4. The van der Waals surface area contributed by atoms with Crippen molar-refractivity contribution in [3.05, 3.63) is 142 Å². The van der Waals surface area contributed by atoms with E-state index >= 15 is 0 Å². The molecule has 58 heavy (non-hydrogen) atoms. The van der Waals surface area contributed by atoms with Gasteiger partial charge < -0.3 is 41.0 Å². The van der Waals surface area contributed by atoms with Crippen molar-refractivity contribution in [3.8, 4) is 34.3 Å². The number of rotatable bonds is 10. The molecular formula is C40H35BrF2N8O7. The number of ether oxygens (including phenoxy) is 4. The van der Waals surface area contributed by atoms with Crippen LogP contribution in [-0.2, 0) is 38.1 Å². The van der Waals surface area contributed by atoms with E-state index in [4.69, 9.17) is 18.9 Å². The minimum absolute atomic E-state index is 0. The van der Waals surface area contributed by atoms with Gasteiger partial charge in [-0.2, -0.15) is 14.8 Å². The highest BCUT2D eigenvalue weighted by Gasteiger charge is 2.35. The normalized spacial score (nSPS) is 12.5. The van der Waals surface area contributed by atoms with Gasteiger partial charge in [-0.25, -0.2) is 28.1 Å². The Kier molecular flexibility index (Phi) is 11.3. The number of nitro benzene ring substituents is 1. The summed E-state index contributed by atoms with van der Waals surface area (Å²) in [6.07, 6.45) is 8.69. The number of hydrogen-bond donors (Lipinski definition) is 1. The lowest BCUT2D eigenvalue weighted by Gasteiger charge is -2.28. The number of hydrogen-bond acceptors (Lipinski definition) is 11. The maximum absolute atomic E-state index is 14.1. The lowest BCUT2D eigenvalue weighted by atomic mass is 9.88. The number of pyridine rings is 1. The molecule has 0 amide bonds. The van der Waals surface area contributed by atoms with Gasteiger partial charge in [-0.1, -0.05) is 24.3 Å². The van der Waals surface area contributed by atoms with Gasteiger partial charge in [-0.3, -0.25) is 10.1 Å². The molecule has 2 aliphatic heterocycles. The molecule has 0 saturated carbocycles. The largest absolute Gasteiger partial charge is 1.00 e. The number of aromatic nitrogens is 7. The molecule has 298 valence electrons. The molecular weight excluding hydrogens is 822 g/mol. The Morgan fingerprint density at radius 2 is 1.64 bits per heavy atom. The Bertz CT molecular complexity index is 2580. The summed E-state index contributed by atoms with van der Waals surface area (Å²) in [5.74, 6) is 1.18. The zero-order valence-corrected chi connectivity index (χ0v) is 32.7. The van der Waals surface area contributed by atoms with Gasteiger partial charge in [0.2, 0.25) is 12.5 Å². The zero-order chi connectivity index (χ0) is 39.7. The molecule has 1 N–H and O–H groups in total. The predicted octanol–water partition coefficient (Wildman–Crippen LogP) is 2.34. The van der Waals surface area contributed by atoms with Crippen molar-refractivity contribution >= 4 is 16.5 Å². The molecule has 0 bridgehead atoms. The Morgan fingerprint density at radius 3 is 2.28 bits per heavy atom. The van der Waals surface area contributed by atoms with Crippen molar-refractivity contribution in [2.24, 2.45) is 0 Å². The summed E-state index contributed by atoms with van der Waals surface area (Å²) < 4.78 is 54.8. The van der Waals surface area contributed by atoms with E-state index in [0.29, 0.717) is 29.2 Å². The van der Waals surface area contributed by atoms with E-state index in [-0.39, 0.29) is 53.0 Å². The Balaban J connectivity index is 0.000000192. The highest BCUT2D eigenvalue weighted by Crippen LogP contribution is 2.44. The van der Waals surface area contributed by atoms with Crippen molar-refractivity contribution in [3.63, 3.8) is 0 Å². The molecule has 0 radical (unpaired) electrons. The molecule has 0 spiro atoms. The third-order valence-electron chi connectivity index (χ3n) is 10.0. The zero-order valence-electron chi connectivity index (χ0n) is 31.1. The number of nitrogens with zero attached hydrogens (tertiary/aromatic N) is 8. The Hall–Kier alpha value is -6.53. The third-order valence-corrected chi connectivity index (χ3v) is 10.0. The molecule has 0 unspecified atom stereocenters. The number of halogens is 3. The van der Waals surface area contributed by atoms with Crippen molar-refractivity contribution in [2.75, 3.05) is 21.0 Å². The molecule has 0 aliphatic carbocycles. The van der Waals surface area contributed by atoms with E-state index in [2.05, 4.69) is 37.0 Å². The van der Waals surface area contributed by atoms with Crippen LogP contribution in [0.5, 0.6) is 23.0 Å². The standard InChI is InChI=1S/C27H23N2O6.C13H12F2N6O.BrH/c1-32-23-8-7-18-20(11-17-5-3-4-6-22(17)29(30)31)26-19-13-25-24(34-15-35-25)12-16(19)9-10-28(26)14-21(18)27(23)33-2;14-10-1-2-11(12(15)3-10)13(22,4-20-8-16-6-18-20)5-21-9-17-7-19-21;/h3-8,12-14H,9-11,15H2,1-2H3;1-3,6-9,22H,4-5H2;1H/q+1;;/p-1. The average molecular weight is 858 g/mol. The van der Waals surface area contributed by atoms with E-state index in [0.717, 1.165) is 64.0 Å². The molecule has 5 heterocycles. The van der Waals surface area contributed by atoms with Gasteiger partial charge in [0.25, 0.3) is 5.69 Å². The van der Waals surface area contributed by atoms with Crippen LogP contribution in [0.2, 0.25) is 0 Å². The number of nitro groups is 1. The summed E-state index contributed by atoms with van der Waals surface area (Å²) in [4.78, 5) is 19.1. The van der Waals surface area contributed by atoms with Gasteiger partial charge in [0.15, 0.2) is 35.7 Å². The van der Waals surface area contributed by atoms with Crippen LogP contribution in [0.1, 0.15) is 22.3 Å². The highest BCUT2D eigenvalue weighted by atomic mass is 79.9. The summed E-state index contributed by atoms with van der Waals surface area (Å²) in [6, 6.07) is 17.9. The summed E-state index contributed by atoms with van der Waals surface area (Å²) in [5, 5.41) is 32.4. The van der Waals surface area contributed by atoms with Crippen molar-refractivity contribution in [1.82, 2.24) is 29.5 Å². The van der Waals surface area contributed by atoms with E-state index in [9.17, 15) is 24.0 Å². The van der Waals surface area contributed by atoms with Crippen LogP contribution in [0.4, 0.5) is 14.5 Å². The molecule has 4 aromatic carbocycles. The smallest absolute Gasteiger partial charge is 0.272 e. The van der Waals surface area contributed by atoms with Crippen LogP contribution in [0.3, 0.4) is 0 Å². The second-order valence-corrected chi connectivity index (χ2v) is 13.4. The predicted molar refractivity (Wildman–Crippen MR) is 199 cm³/mol. The minimum atomic E-state index is -1.70. The fourth-order valence-electron chi connectivity index (χ4n) is 7.47. The second-order valence-electron chi connectivity index (χ2n) is 13.4. The average Bonchev–Trinajstić information content (AvgIpc) is 4.01. The maximum Gasteiger partial charge on any atom is 0.272 e. The maximum atomic E-state index is 14.1. The van der Waals surface area contributed by atoms with Crippen LogP contribution in [0.25, 0.3) is 22.0 Å². The van der Waals surface area contributed by atoms with E-state index < -0.39 is 17.2 Å². The summed E-state index contributed by atoms with van der Waals surface area (Å²) in [6.45, 7) is 0.809. The fraction of sp³-hybridized carbons (Fsp3) is 0.225. The van der Waals surface area contributed by atoms with E-state index in [1.807, 2.05) is 30.3 Å². The van der Waals surface area contributed by atoms with E-state index in [1.165, 1.54) is 40.7 Å².